The summed E-state index contributed by atoms with van der Waals surface area (Å²) in [6.07, 6.45) is 1.27. The second kappa shape index (κ2) is 9.83. The molecule has 186 valence electrons. The van der Waals surface area contributed by atoms with Gasteiger partial charge in [0.2, 0.25) is 6.79 Å². The van der Waals surface area contributed by atoms with Gasteiger partial charge in [0.05, 0.1) is 15.7 Å². The fourth-order valence-corrected chi connectivity index (χ4v) is 5.16. The summed E-state index contributed by atoms with van der Waals surface area (Å²) in [7, 11) is 0. The van der Waals surface area contributed by atoms with Gasteiger partial charge in [0.25, 0.3) is 11.8 Å². The molecule has 2 aliphatic heterocycles. The molecule has 9 nitrogen and oxygen atoms in total. The predicted molar refractivity (Wildman–Crippen MR) is 140 cm³/mol. The van der Waals surface area contributed by atoms with E-state index in [4.69, 9.17) is 14.2 Å². The molecular weight excluding hydrogens is 612 g/mol. The highest BCUT2D eigenvalue weighted by Gasteiger charge is 2.37. The number of fused-ring (bicyclic) bond motifs is 1. The Kier molecular flexibility index (Phi) is 6.57. The van der Waals surface area contributed by atoms with Gasteiger partial charge in [0.1, 0.15) is 5.57 Å². The number of amides is 4. The van der Waals surface area contributed by atoms with Gasteiger partial charge in [-0.15, -0.1) is 0 Å². The number of anilines is 1. The number of rotatable bonds is 4. The van der Waals surface area contributed by atoms with Crippen molar-refractivity contribution < 1.29 is 33.4 Å². The fourth-order valence-electron chi connectivity index (χ4n) is 3.82. The van der Waals surface area contributed by atoms with Crippen LogP contribution in [0.3, 0.4) is 0 Å². The lowest BCUT2D eigenvalue weighted by Crippen LogP contribution is -2.54. The summed E-state index contributed by atoms with van der Waals surface area (Å²) >= 11 is 6.75. The van der Waals surface area contributed by atoms with Gasteiger partial charge in [0, 0.05) is 10.0 Å². The van der Waals surface area contributed by atoms with Gasteiger partial charge in [-0.3, -0.25) is 14.9 Å². The largest absolute Gasteiger partial charge is 0.454 e. The zero-order chi connectivity index (χ0) is 26.3. The lowest BCUT2D eigenvalue weighted by molar-refractivity contribution is -0.122. The van der Waals surface area contributed by atoms with Crippen LogP contribution in [0, 0.1) is 6.92 Å². The van der Waals surface area contributed by atoms with Crippen LogP contribution >= 0.6 is 31.9 Å². The molecule has 1 fully saturated rings. The highest BCUT2D eigenvalue weighted by molar-refractivity contribution is 9.11. The maximum atomic E-state index is 13.4. The van der Waals surface area contributed by atoms with Gasteiger partial charge in [0.15, 0.2) is 17.2 Å². The maximum absolute atomic E-state index is 13.4. The van der Waals surface area contributed by atoms with E-state index in [2.05, 4.69) is 37.2 Å². The van der Waals surface area contributed by atoms with E-state index in [1.807, 2.05) is 0 Å². The molecule has 0 atom stereocenters. The van der Waals surface area contributed by atoms with Crippen LogP contribution in [0.5, 0.6) is 17.2 Å². The minimum Gasteiger partial charge on any atom is -0.454 e. The molecule has 11 heteroatoms. The molecule has 1 saturated heterocycles. The molecular formula is C26H16Br2N2O7. The number of hydrogen-bond donors (Lipinski definition) is 1. The Morgan fingerprint density at radius 3 is 2.57 bits per heavy atom. The summed E-state index contributed by atoms with van der Waals surface area (Å²) in [6, 6.07) is 13.8. The Bertz CT molecular complexity index is 1530. The van der Waals surface area contributed by atoms with Gasteiger partial charge in [-0.2, -0.15) is 0 Å². The Balaban J connectivity index is 1.53. The number of benzene rings is 3. The van der Waals surface area contributed by atoms with Gasteiger partial charge >= 0.3 is 12.0 Å². The molecule has 2 aliphatic rings. The molecule has 0 saturated carbocycles. The zero-order valence-corrected chi connectivity index (χ0v) is 22.2. The molecule has 0 aromatic heterocycles. The van der Waals surface area contributed by atoms with Crippen molar-refractivity contribution >= 4 is 67.4 Å². The Morgan fingerprint density at radius 2 is 1.78 bits per heavy atom. The van der Waals surface area contributed by atoms with Crippen LogP contribution in [-0.4, -0.2) is 30.6 Å². The van der Waals surface area contributed by atoms with Crippen LogP contribution in [-0.2, 0) is 9.59 Å². The minimum atomic E-state index is -0.871. The van der Waals surface area contributed by atoms with E-state index in [0.717, 1.165) is 4.90 Å². The highest BCUT2D eigenvalue weighted by atomic mass is 79.9. The SMILES string of the molecule is Cc1ccccc1N1C(=O)NC(=O)/C(=C/c2cc(Br)cc(Br)c2OC(=O)c2ccc3c(c2)OCO3)C1=O. The number of nitrogens with zero attached hydrogens (tertiary/aromatic N) is 1. The van der Waals surface area contributed by atoms with E-state index in [1.54, 1.807) is 49.4 Å². The molecule has 0 bridgehead atoms. The van der Waals surface area contributed by atoms with Crippen molar-refractivity contribution in [2.24, 2.45) is 0 Å². The third kappa shape index (κ3) is 4.75. The lowest BCUT2D eigenvalue weighted by Gasteiger charge is -2.27. The van der Waals surface area contributed by atoms with Crippen molar-refractivity contribution in [2.45, 2.75) is 6.92 Å². The minimum absolute atomic E-state index is 0.0575. The third-order valence-electron chi connectivity index (χ3n) is 5.60. The molecule has 37 heavy (non-hydrogen) atoms. The Morgan fingerprint density at radius 1 is 1.03 bits per heavy atom. The summed E-state index contributed by atoms with van der Waals surface area (Å²) in [6.45, 7) is 1.80. The van der Waals surface area contributed by atoms with E-state index in [1.165, 1.54) is 18.2 Å². The van der Waals surface area contributed by atoms with Crippen LogP contribution in [0.25, 0.3) is 6.08 Å². The molecule has 2 heterocycles. The first-order valence-corrected chi connectivity index (χ1v) is 12.4. The summed E-state index contributed by atoms with van der Waals surface area (Å²) in [5.74, 6) is -1.38. The van der Waals surface area contributed by atoms with Crippen LogP contribution in [0.15, 0.2) is 69.1 Å². The second-order valence-electron chi connectivity index (χ2n) is 8.01. The summed E-state index contributed by atoms with van der Waals surface area (Å²) in [5, 5.41) is 2.20. The average molecular weight is 628 g/mol. The van der Waals surface area contributed by atoms with Gasteiger partial charge < -0.3 is 14.2 Å². The van der Waals surface area contributed by atoms with E-state index in [0.29, 0.717) is 31.7 Å². The zero-order valence-electron chi connectivity index (χ0n) is 19.0. The number of barbiturate groups is 1. The maximum Gasteiger partial charge on any atom is 0.343 e. The molecule has 0 unspecified atom stereocenters. The molecule has 0 spiro atoms. The van der Waals surface area contributed by atoms with Crippen LogP contribution < -0.4 is 24.4 Å². The normalized spacial score (nSPS) is 15.7. The monoisotopic (exact) mass is 626 g/mol. The molecule has 4 amide bonds. The van der Waals surface area contributed by atoms with Crippen molar-refractivity contribution in [3.05, 3.63) is 85.8 Å². The van der Waals surface area contributed by atoms with E-state index >= 15 is 0 Å². The van der Waals surface area contributed by atoms with Gasteiger partial charge in [-0.1, -0.05) is 34.1 Å². The summed E-state index contributed by atoms with van der Waals surface area (Å²) in [5.41, 5.74) is 1.15. The number of esters is 1. The standard InChI is InChI=1S/C26H16Br2N2O7/c1-13-4-2-3-5-19(13)30-24(32)17(23(31)29-26(30)34)9-15-8-16(27)11-18(28)22(15)37-25(33)14-6-7-20-21(10-14)36-12-35-20/h2-11H,12H2,1H3,(H,29,31,34)/b17-9-. The fraction of sp³-hybridized carbons (Fsp3) is 0.0769. The quantitative estimate of drug-likeness (QED) is 0.185. The molecule has 1 N–H and O–H groups in total. The number of imide groups is 2. The Labute approximate surface area is 227 Å². The van der Waals surface area contributed by atoms with Crippen molar-refractivity contribution in [1.82, 2.24) is 5.32 Å². The number of urea groups is 1. The van der Waals surface area contributed by atoms with Gasteiger partial charge in [-0.25, -0.2) is 14.5 Å². The Hall–Kier alpha value is -3.96. The first-order chi connectivity index (χ1) is 17.7. The number of hydrogen-bond acceptors (Lipinski definition) is 7. The molecule has 0 aliphatic carbocycles. The van der Waals surface area contributed by atoms with Crippen LogP contribution in [0.2, 0.25) is 0 Å². The first kappa shape index (κ1) is 24.7. The number of carbonyl (C=O) groups is 4. The average Bonchev–Trinajstić information content (AvgIpc) is 3.32. The lowest BCUT2D eigenvalue weighted by atomic mass is 10.0. The predicted octanol–water partition coefficient (Wildman–Crippen LogP) is 5.13. The number of halogens is 2. The van der Waals surface area contributed by atoms with Crippen molar-refractivity contribution in [2.75, 3.05) is 11.7 Å². The number of carbonyl (C=O) groups excluding carboxylic acids is 4. The highest BCUT2D eigenvalue weighted by Crippen LogP contribution is 2.37. The summed E-state index contributed by atoms with van der Waals surface area (Å²) < 4.78 is 17.2. The van der Waals surface area contributed by atoms with Crippen molar-refractivity contribution in [1.29, 1.82) is 0 Å². The molecule has 3 aromatic rings. The molecule has 5 rings (SSSR count). The number of aryl methyl sites for hydroxylation is 1. The topological polar surface area (TPSA) is 111 Å². The molecule has 0 radical (unpaired) electrons. The van der Waals surface area contributed by atoms with Crippen LogP contribution in [0.1, 0.15) is 21.5 Å². The van der Waals surface area contributed by atoms with E-state index < -0.39 is 23.8 Å². The second-order valence-corrected chi connectivity index (χ2v) is 9.78. The van der Waals surface area contributed by atoms with E-state index in [-0.39, 0.29) is 29.2 Å². The number of ether oxygens (including phenoxy) is 3. The molecule has 3 aromatic carbocycles. The number of para-hydroxylation sites is 1. The smallest absolute Gasteiger partial charge is 0.343 e. The number of nitrogens with one attached hydrogen (secondary N) is 1. The van der Waals surface area contributed by atoms with Crippen molar-refractivity contribution in [3.63, 3.8) is 0 Å². The third-order valence-corrected chi connectivity index (χ3v) is 6.64. The summed E-state index contributed by atoms with van der Waals surface area (Å²) in [4.78, 5) is 52.5. The van der Waals surface area contributed by atoms with Gasteiger partial charge in [-0.05, 0) is 70.9 Å². The van der Waals surface area contributed by atoms with Crippen LogP contribution in [0.4, 0.5) is 10.5 Å². The first-order valence-electron chi connectivity index (χ1n) is 10.8. The van der Waals surface area contributed by atoms with Crippen molar-refractivity contribution in [3.8, 4) is 17.2 Å². The van der Waals surface area contributed by atoms with E-state index in [9.17, 15) is 19.2 Å².